The van der Waals surface area contributed by atoms with E-state index < -0.39 is 0 Å². The summed E-state index contributed by atoms with van der Waals surface area (Å²) in [6.45, 7) is 0. The van der Waals surface area contributed by atoms with Gasteiger partial charge in [0.2, 0.25) is 0 Å². The molecule has 0 aliphatic heterocycles. The molecular weight excluding hydrogens is 214 g/mol. The molecule has 14 heavy (non-hydrogen) atoms. The van der Waals surface area contributed by atoms with E-state index in [2.05, 4.69) is 0 Å². The lowest BCUT2D eigenvalue weighted by Gasteiger charge is -2.15. The lowest BCUT2D eigenvalue weighted by Crippen LogP contribution is -2.13. The van der Waals surface area contributed by atoms with Gasteiger partial charge in [0.1, 0.15) is 0 Å². The third-order valence-corrected chi connectivity index (χ3v) is 4.53. The highest BCUT2D eigenvalue weighted by Crippen LogP contribution is 2.35. The molecule has 1 saturated carbocycles. The van der Waals surface area contributed by atoms with Gasteiger partial charge in [-0.05, 0) is 23.8 Å². The van der Waals surface area contributed by atoms with Gasteiger partial charge in [0.25, 0.3) is 0 Å². The van der Waals surface area contributed by atoms with Gasteiger partial charge in [0, 0.05) is 10.9 Å². The van der Waals surface area contributed by atoms with Gasteiger partial charge in [-0.3, -0.25) is 0 Å². The molecule has 0 aromatic carbocycles. The van der Waals surface area contributed by atoms with E-state index in [4.69, 9.17) is 17.3 Å². The van der Waals surface area contributed by atoms with Gasteiger partial charge in [-0.2, -0.15) is 0 Å². The van der Waals surface area contributed by atoms with Crippen LogP contribution in [0.4, 0.5) is 0 Å². The third-order valence-electron chi connectivity index (χ3n) is 3.04. The van der Waals surface area contributed by atoms with E-state index in [-0.39, 0.29) is 6.04 Å². The first-order valence-electron chi connectivity index (χ1n) is 5.26. The summed E-state index contributed by atoms with van der Waals surface area (Å²) in [6, 6.07) is 2.10. The fraction of sp³-hybridized carbons (Fsp3) is 0.636. The summed E-state index contributed by atoms with van der Waals surface area (Å²) in [5, 5.41) is 2.87. The Morgan fingerprint density at radius 2 is 2.21 bits per heavy atom. The normalized spacial score (nSPS) is 20.1. The molecule has 1 unspecified atom stereocenters. The van der Waals surface area contributed by atoms with E-state index in [0.29, 0.717) is 0 Å². The third kappa shape index (κ3) is 2.30. The van der Waals surface area contributed by atoms with Crippen LogP contribution in [0.1, 0.15) is 43.0 Å². The van der Waals surface area contributed by atoms with Gasteiger partial charge in [-0.1, -0.05) is 37.3 Å². The SMILES string of the molecule is NC(CC1CCCC1)c1sccc1Cl. The van der Waals surface area contributed by atoms with Crippen LogP contribution in [0.15, 0.2) is 11.4 Å². The van der Waals surface area contributed by atoms with E-state index in [9.17, 15) is 0 Å². The molecule has 1 aromatic heterocycles. The summed E-state index contributed by atoms with van der Waals surface area (Å²) >= 11 is 7.73. The smallest absolute Gasteiger partial charge is 0.0561 e. The Morgan fingerprint density at radius 3 is 2.79 bits per heavy atom. The van der Waals surface area contributed by atoms with Crippen LogP contribution in [-0.2, 0) is 0 Å². The number of hydrogen-bond acceptors (Lipinski definition) is 2. The minimum absolute atomic E-state index is 0.158. The molecule has 1 nitrogen and oxygen atoms in total. The molecule has 1 aromatic rings. The van der Waals surface area contributed by atoms with Crippen molar-refractivity contribution in [3.63, 3.8) is 0 Å². The summed E-state index contributed by atoms with van der Waals surface area (Å²) in [4.78, 5) is 1.17. The van der Waals surface area contributed by atoms with E-state index in [0.717, 1.165) is 17.4 Å². The summed E-state index contributed by atoms with van der Waals surface area (Å²) in [6.07, 6.45) is 6.60. The first-order chi connectivity index (χ1) is 6.77. The summed E-state index contributed by atoms with van der Waals surface area (Å²) < 4.78 is 0. The first kappa shape index (κ1) is 10.5. The monoisotopic (exact) mass is 229 g/mol. The second-order valence-corrected chi connectivity index (χ2v) is 5.48. The van der Waals surface area contributed by atoms with Crippen molar-refractivity contribution in [2.24, 2.45) is 11.7 Å². The van der Waals surface area contributed by atoms with Crippen LogP contribution in [0, 0.1) is 5.92 Å². The maximum atomic E-state index is 6.15. The van der Waals surface area contributed by atoms with Gasteiger partial charge in [-0.25, -0.2) is 0 Å². The zero-order chi connectivity index (χ0) is 9.97. The predicted octanol–water partition coefficient (Wildman–Crippen LogP) is 3.98. The van der Waals surface area contributed by atoms with Gasteiger partial charge in [0.05, 0.1) is 5.02 Å². The molecule has 1 aliphatic carbocycles. The molecule has 0 saturated heterocycles. The van der Waals surface area contributed by atoms with Crippen LogP contribution in [0.25, 0.3) is 0 Å². The largest absolute Gasteiger partial charge is 0.323 e. The predicted molar refractivity (Wildman–Crippen MR) is 62.8 cm³/mol. The lowest BCUT2D eigenvalue weighted by atomic mass is 9.98. The summed E-state index contributed by atoms with van der Waals surface area (Å²) in [7, 11) is 0. The molecule has 0 spiro atoms. The molecule has 0 amide bonds. The Kier molecular flexibility index (Phi) is 3.47. The molecule has 2 N–H and O–H groups in total. The highest BCUT2D eigenvalue weighted by molar-refractivity contribution is 7.10. The van der Waals surface area contributed by atoms with Crippen molar-refractivity contribution in [2.45, 2.75) is 38.1 Å². The maximum Gasteiger partial charge on any atom is 0.0561 e. The fourth-order valence-electron chi connectivity index (χ4n) is 2.28. The first-order valence-corrected chi connectivity index (χ1v) is 6.51. The Labute approximate surface area is 94.3 Å². The highest BCUT2D eigenvalue weighted by Gasteiger charge is 2.20. The van der Waals surface area contributed by atoms with Crippen molar-refractivity contribution in [1.82, 2.24) is 0 Å². The number of nitrogens with two attached hydrogens (primary N) is 1. The second kappa shape index (κ2) is 4.65. The Bertz CT molecular complexity index is 291. The second-order valence-electron chi connectivity index (χ2n) is 4.13. The molecule has 1 heterocycles. The van der Waals surface area contributed by atoms with Crippen LogP contribution < -0.4 is 5.73 Å². The molecule has 2 rings (SSSR count). The number of halogens is 1. The van der Waals surface area contributed by atoms with Crippen molar-refractivity contribution in [3.05, 3.63) is 21.3 Å². The van der Waals surface area contributed by atoms with Gasteiger partial charge in [0.15, 0.2) is 0 Å². The standard InChI is InChI=1S/C11H16ClNS/c12-9-5-6-14-11(9)10(13)7-8-3-1-2-4-8/h5-6,8,10H,1-4,7,13H2. The van der Waals surface area contributed by atoms with Crippen molar-refractivity contribution >= 4 is 22.9 Å². The number of hydrogen-bond donors (Lipinski definition) is 1. The fourth-order valence-corrected chi connectivity index (χ4v) is 3.50. The number of thiophene rings is 1. The van der Waals surface area contributed by atoms with E-state index in [1.807, 2.05) is 11.4 Å². The van der Waals surface area contributed by atoms with E-state index >= 15 is 0 Å². The Morgan fingerprint density at radius 1 is 1.50 bits per heavy atom. The van der Waals surface area contributed by atoms with Crippen molar-refractivity contribution in [3.8, 4) is 0 Å². The highest BCUT2D eigenvalue weighted by atomic mass is 35.5. The van der Waals surface area contributed by atoms with E-state index in [1.54, 1.807) is 11.3 Å². The van der Waals surface area contributed by atoms with Crippen LogP contribution in [0.3, 0.4) is 0 Å². The molecule has 0 bridgehead atoms. The number of rotatable bonds is 3. The molecule has 0 radical (unpaired) electrons. The average Bonchev–Trinajstić information content (AvgIpc) is 2.75. The lowest BCUT2D eigenvalue weighted by molar-refractivity contribution is 0.454. The van der Waals surface area contributed by atoms with Crippen LogP contribution >= 0.6 is 22.9 Å². The van der Waals surface area contributed by atoms with Crippen molar-refractivity contribution in [1.29, 1.82) is 0 Å². The Hall–Kier alpha value is -0.0500. The molecule has 1 atom stereocenters. The quantitative estimate of drug-likeness (QED) is 0.834. The molecular formula is C11H16ClNS. The van der Waals surface area contributed by atoms with Gasteiger partial charge >= 0.3 is 0 Å². The zero-order valence-corrected chi connectivity index (χ0v) is 9.78. The molecule has 3 heteroatoms. The minimum Gasteiger partial charge on any atom is -0.323 e. The van der Waals surface area contributed by atoms with Gasteiger partial charge < -0.3 is 5.73 Å². The van der Waals surface area contributed by atoms with Crippen molar-refractivity contribution < 1.29 is 0 Å². The van der Waals surface area contributed by atoms with Crippen LogP contribution in [0.2, 0.25) is 5.02 Å². The molecule has 78 valence electrons. The van der Waals surface area contributed by atoms with Crippen LogP contribution in [-0.4, -0.2) is 0 Å². The van der Waals surface area contributed by atoms with Crippen molar-refractivity contribution in [2.75, 3.05) is 0 Å². The Balaban J connectivity index is 1.95. The minimum atomic E-state index is 0.158. The molecule has 1 aliphatic rings. The van der Waals surface area contributed by atoms with Crippen LogP contribution in [0.5, 0.6) is 0 Å². The zero-order valence-electron chi connectivity index (χ0n) is 8.21. The maximum absolute atomic E-state index is 6.15. The topological polar surface area (TPSA) is 26.0 Å². The molecule has 1 fully saturated rings. The summed E-state index contributed by atoms with van der Waals surface area (Å²) in [5.41, 5.74) is 6.15. The average molecular weight is 230 g/mol. The summed E-state index contributed by atoms with van der Waals surface area (Å²) in [5.74, 6) is 0.836. The van der Waals surface area contributed by atoms with Gasteiger partial charge in [-0.15, -0.1) is 11.3 Å². The van der Waals surface area contributed by atoms with E-state index in [1.165, 1.54) is 30.6 Å².